The second kappa shape index (κ2) is 8.44. The van der Waals surface area contributed by atoms with Gasteiger partial charge in [-0.05, 0) is 33.0 Å². The molecule has 0 aliphatic carbocycles. The highest BCUT2D eigenvalue weighted by atomic mass is 16.5. The maximum Gasteiger partial charge on any atom is 0.166 e. The molecule has 3 aromatic rings. The SMILES string of the molecule is CN1CCN(c2cc(-c3nc(N4CCOCC4)c4nc5n(c4n3)CCOC5(C)C)ccn2)CC1. The van der Waals surface area contributed by atoms with Crippen LogP contribution in [-0.2, 0) is 21.6 Å². The fourth-order valence-corrected chi connectivity index (χ4v) is 5.01. The molecule has 3 aliphatic heterocycles. The summed E-state index contributed by atoms with van der Waals surface area (Å²) in [5, 5.41) is 0. The Morgan fingerprint density at radius 3 is 2.47 bits per heavy atom. The van der Waals surface area contributed by atoms with Gasteiger partial charge in [-0.3, -0.25) is 0 Å². The summed E-state index contributed by atoms with van der Waals surface area (Å²) in [6.45, 7) is 12.5. The van der Waals surface area contributed by atoms with E-state index in [1.54, 1.807) is 0 Å². The van der Waals surface area contributed by atoms with E-state index in [9.17, 15) is 0 Å². The molecule has 0 unspecified atom stereocenters. The predicted molar refractivity (Wildman–Crippen MR) is 130 cm³/mol. The van der Waals surface area contributed by atoms with Gasteiger partial charge in [0.2, 0.25) is 0 Å². The van der Waals surface area contributed by atoms with Crippen LogP contribution in [-0.4, -0.2) is 95.5 Å². The first-order valence-electron chi connectivity index (χ1n) is 12.1. The summed E-state index contributed by atoms with van der Waals surface area (Å²) in [7, 11) is 2.16. The number of anilines is 2. The maximum absolute atomic E-state index is 6.03. The van der Waals surface area contributed by atoms with Crippen LogP contribution in [0.3, 0.4) is 0 Å². The first-order valence-corrected chi connectivity index (χ1v) is 12.1. The van der Waals surface area contributed by atoms with E-state index in [1.807, 2.05) is 12.3 Å². The molecule has 0 aromatic carbocycles. The topological polar surface area (TPSA) is 84.7 Å². The fourth-order valence-electron chi connectivity index (χ4n) is 5.01. The fraction of sp³-hybridized carbons (Fsp3) is 0.583. The molecule has 6 rings (SSSR count). The van der Waals surface area contributed by atoms with Crippen molar-refractivity contribution < 1.29 is 9.47 Å². The molecule has 0 atom stereocenters. The van der Waals surface area contributed by atoms with Gasteiger partial charge in [-0.25, -0.2) is 19.9 Å². The molecule has 10 heteroatoms. The molecule has 2 fully saturated rings. The van der Waals surface area contributed by atoms with Crippen molar-refractivity contribution in [3.05, 3.63) is 24.2 Å². The lowest BCUT2D eigenvalue weighted by Gasteiger charge is -2.33. The average Bonchev–Trinajstić information content (AvgIpc) is 3.25. The molecule has 0 N–H and O–H groups in total. The number of hydrogen-bond donors (Lipinski definition) is 0. The highest BCUT2D eigenvalue weighted by molar-refractivity contribution is 5.86. The number of piperazine rings is 1. The van der Waals surface area contributed by atoms with Gasteiger partial charge in [0.05, 0.1) is 19.8 Å². The van der Waals surface area contributed by atoms with E-state index in [4.69, 9.17) is 24.4 Å². The van der Waals surface area contributed by atoms with E-state index in [0.717, 1.165) is 80.0 Å². The van der Waals surface area contributed by atoms with Crippen molar-refractivity contribution in [2.24, 2.45) is 0 Å². The van der Waals surface area contributed by atoms with Crippen LogP contribution in [0.4, 0.5) is 11.6 Å². The number of morpholine rings is 1. The van der Waals surface area contributed by atoms with E-state index < -0.39 is 5.60 Å². The number of nitrogens with zero attached hydrogens (tertiary/aromatic N) is 8. The van der Waals surface area contributed by atoms with Gasteiger partial charge >= 0.3 is 0 Å². The Balaban J connectivity index is 1.47. The molecular formula is C24H32N8O2. The van der Waals surface area contributed by atoms with Crippen LogP contribution in [0.5, 0.6) is 0 Å². The van der Waals surface area contributed by atoms with Crippen molar-refractivity contribution >= 4 is 22.8 Å². The third-order valence-electron chi connectivity index (χ3n) is 7.03. The molecule has 0 spiro atoms. The Morgan fingerprint density at radius 1 is 0.882 bits per heavy atom. The van der Waals surface area contributed by atoms with Crippen molar-refractivity contribution in [3.63, 3.8) is 0 Å². The third kappa shape index (κ3) is 3.79. The zero-order valence-electron chi connectivity index (χ0n) is 20.2. The second-order valence-electron chi connectivity index (χ2n) is 9.78. The van der Waals surface area contributed by atoms with Gasteiger partial charge in [-0.1, -0.05) is 0 Å². The lowest BCUT2D eigenvalue weighted by molar-refractivity contribution is -0.0530. The zero-order valence-corrected chi connectivity index (χ0v) is 20.2. The summed E-state index contributed by atoms with van der Waals surface area (Å²) >= 11 is 0. The van der Waals surface area contributed by atoms with Gasteiger partial charge in [-0.2, -0.15) is 0 Å². The third-order valence-corrected chi connectivity index (χ3v) is 7.03. The second-order valence-corrected chi connectivity index (χ2v) is 9.78. The normalized spacial score (nSPS) is 21.1. The monoisotopic (exact) mass is 464 g/mol. The molecule has 0 amide bonds. The van der Waals surface area contributed by atoms with Crippen molar-refractivity contribution in [2.75, 3.05) is 75.9 Å². The molecule has 180 valence electrons. The average molecular weight is 465 g/mol. The predicted octanol–water partition coefficient (Wildman–Crippen LogP) is 1.74. The van der Waals surface area contributed by atoms with Gasteiger partial charge < -0.3 is 28.7 Å². The number of likely N-dealkylation sites (N-methyl/N-ethyl adjacent to an activating group) is 1. The zero-order chi connectivity index (χ0) is 23.3. The van der Waals surface area contributed by atoms with Gasteiger partial charge in [0.1, 0.15) is 17.2 Å². The van der Waals surface area contributed by atoms with Gasteiger partial charge in [0.15, 0.2) is 22.8 Å². The molecule has 0 bridgehead atoms. The van der Waals surface area contributed by atoms with E-state index in [-0.39, 0.29) is 0 Å². The van der Waals surface area contributed by atoms with E-state index in [2.05, 4.69) is 51.2 Å². The maximum atomic E-state index is 6.03. The number of imidazole rings is 1. The Hall–Kier alpha value is -2.82. The number of ether oxygens (including phenoxy) is 2. The summed E-state index contributed by atoms with van der Waals surface area (Å²) in [5.41, 5.74) is 2.22. The minimum Gasteiger partial charge on any atom is -0.378 e. The summed E-state index contributed by atoms with van der Waals surface area (Å²) in [4.78, 5) is 26.8. The lowest BCUT2D eigenvalue weighted by Crippen LogP contribution is -2.44. The summed E-state index contributed by atoms with van der Waals surface area (Å²) in [6, 6.07) is 4.13. The molecule has 6 heterocycles. The highest BCUT2D eigenvalue weighted by Crippen LogP contribution is 2.35. The van der Waals surface area contributed by atoms with E-state index >= 15 is 0 Å². The van der Waals surface area contributed by atoms with Crippen LogP contribution < -0.4 is 9.80 Å². The largest absolute Gasteiger partial charge is 0.378 e. The molecular weight excluding hydrogens is 432 g/mol. The molecule has 3 aromatic heterocycles. The Bertz CT molecular complexity index is 1200. The van der Waals surface area contributed by atoms with Gasteiger partial charge in [0, 0.05) is 57.6 Å². The van der Waals surface area contributed by atoms with Gasteiger partial charge in [0.25, 0.3) is 0 Å². The van der Waals surface area contributed by atoms with Crippen molar-refractivity contribution in [1.29, 1.82) is 0 Å². The molecule has 34 heavy (non-hydrogen) atoms. The summed E-state index contributed by atoms with van der Waals surface area (Å²) in [6.07, 6.45) is 1.87. The van der Waals surface area contributed by atoms with Gasteiger partial charge in [-0.15, -0.1) is 0 Å². The molecule has 10 nitrogen and oxygen atoms in total. The van der Waals surface area contributed by atoms with Crippen LogP contribution >= 0.6 is 0 Å². The van der Waals surface area contributed by atoms with Crippen LogP contribution in [0.15, 0.2) is 18.3 Å². The van der Waals surface area contributed by atoms with Crippen LogP contribution in [0, 0.1) is 0 Å². The van der Waals surface area contributed by atoms with Crippen LogP contribution in [0.25, 0.3) is 22.6 Å². The minimum absolute atomic E-state index is 0.466. The summed E-state index contributed by atoms with van der Waals surface area (Å²) in [5.74, 6) is 3.47. The Morgan fingerprint density at radius 2 is 1.68 bits per heavy atom. The lowest BCUT2D eigenvalue weighted by atomic mass is 10.1. The number of fused-ring (bicyclic) bond motifs is 3. The molecule has 0 saturated carbocycles. The summed E-state index contributed by atoms with van der Waals surface area (Å²) < 4.78 is 13.8. The van der Waals surface area contributed by atoms with Crippen molar-refractivity contribution in [3.8, 4) is 11.4 Å². The number of aromatic nitrogens is 5. The van der Waals surface area contributed by atoms with Crippen LogP contribution in [0.2, 0.25) is 0 Å². The van der Waals surface area contributed by atoms with Crippen LogP contribution in [0.1, 0.15) is 19.7 Å². The molecule has 0 radical (unpaired) electrons. The first-order chi connectivity index (χ1) is 16.5. The smallest absolute Gasteiger partial charge is 0.166 e. The first kappa shape index (κ1) is 21.7. The van der Waals surface area contributed by atoms with Crippen molar-refractivity contribution in [1.82, 2.24) is 29.4 Å². The number of rotatable bonds is 3. The highest BCUT2D eigenvalue weighted by Gasteiger charge is 2.34. The van der Waals surface area contributed by atoms with Crippen molar-refractivity contribution in [2.45, 2.75) is 26.0 Å². The minimum atomic E-state index is -0.466. The molecule has 3 aliphatic rings. The number of hydrogen-bond acceptors (Lipinski definition) is 9. The quantitative estimate of drug-likeness (QED) is 0.575. The van der Waals surface area contributed by atoms with E-state index in [1.165, 1.54) is 0 Å². The standard InChI is InChI=1S/C24H32N8O2/c1-24(2)23-26-19-21(31-10-13-33-14-11-31)27-20(28-22(19)32(23)12-15-34-24)17-4-5-25-18(16-17)30-8-6-29(3)7-9-30/h4-5,16H,6-15H2,1-3H3. The number of pyridine rings is 1. The Kier molecular flexibility index (Phi) is 5.39. The van der Waals surface area contributed by atoms with E-state index in [0.29, 0.717) is 25.6 Å². The Labute approximate surface area is 199 Å². The molecule has 2 saturated heterocycles.